The standard InChI is InChI=1S/C15H15ClF3N7O/c1-2-10-11-12(26(25-10)5-6-27-8-15(17,18)19)13(24-14(16)23-11)22-9-3-4-20-21-7-9/h3-4,7H,2,5-6,8H2,1H3,(H,20,22,23,24). The number of alkyl halides is 3. The Balaban J connectivity index is 1.93. The molecule has 3 rings (SSSR count). The lowest BCUT2D eigenvalue weighted by Crippen LogP contribution is -2.19. The van der Waals surface area contributed by atoms with Crippen molar-refractivity contribution in [3.63, 3.8) is 0 Å². The summed E-state index contributed by atoms with van der Waals surface area (Å²) < 4.78 is 42.9. The Kier molecular flexibility index (Phi) is 5.71. The molecule has 3 heterocycles. The summed E-state index contributed by atoms with van der Waals surface area (Å²) in [5, 5.41) is 15.0. The number of ether oxygens (including phenoxy) is 1. The molecule has 1 N–H and O–H groups in total. The van der Waals surface area contributed by atoms with Gasteiger partial charge < -0.3 is 10.1 Å². The van der Waals surface area contributed by atoms with Crippen LogP contribution >= 0.6 is 11.6 Å². The zero-order valence-corrected chi connectivity index (χ0v) is 14.9. The summed E-state index contributed by atoms with van der Waals surface area (Å²) in [6, 6.07) is 1.68. The maximum atomic E-state index is 12.2. The lowest BCUT2D eigenvalue weighted by molar-refractivity contribution is -0.174. The Hall–Kier alpha value is -2.53. The van der Waals surface area contributed by atoms with Crippen LogP contribution in [0.5, 0.6) is 0 Å². The van der Waals surface area contributed by atoms with Crippen LogP contribution in [-0.2, 0) is 17.7 Å². The Morgan fingerprint density at radius 2 is 2.07 bits per heavy atom. The van der Waals surface area contributed by atoms with E-state index in [4.69, 9.17) is 11.6 Å². The number of rotatable bonds is 7. The first kappa shape index (κ1) is 19.2. The minimum Gasteiger partial charge on any atom is -0.370 e. The number of nitrogens with one attached hydrogen (secondary N) is 1. The van der Waals surface area contributed by atoms with Crippen LogP contribution in [-0.4, -0.2) is 49.3 Å². The highest BCUT2D eigenvalue weighted by atomic mass is 35.5. The lowest BCUT2D eigenvalue weighted by Gasteiger charge is -2.10. The summed E-state index contributed by atoms with van der Waals surface area (Å²) in [5.41, 5.74) is 2.31. The third kappa shape index (κ3) is 4.80. The Bertz CT molecular complexity index is 917. The van der Waals surface area contributed by atoms with Crippen LogP contribution in [0.15, 0.2) is 18.5 Å². The highest BCUT2D eigenvalue weighted by Gasteiger charge is 2.27. The number of halogens is 4. The summed E-state index contributed by atoms with van der Waals surface area (Å²) in [4.78, 5) is 8.40. The van der Waals surface area contributed by atoms with Crippen molar-refractivity contribution in [1.29, 1.82) is 0 Å². The van der Waals surface area contributed by atoms with E-state index in [-0.39, 0.29) is 18.4 Å². The lowest BCUT2D eigenvalue weighted by atomic mass is 10.3. The predicted molar refractivity (Wildman–Crippen MR) is 91.9 cm³/mol. The molecule has 0 saturated heterocycles. The Morgan fingerprint density at radius 1 is 1.26 bits per heavy atom. The first-order valence-electron chi connectivity index (χ1n) is 7.98. The fraction of sp³-hybridized carbons (Fsp3) is 0.400. The fourth-order valence-electron chi connectivity index (χ4n) is 2.44. The van der Waals surface area contributed by atoms with Gasteiger partial charge in [0.25, 0.3) is 0 Å². The maximum absolute atomic E-state index is 12.2. The molecule has 0 unspecified atom stereocenters. The molecular weight excluding hydrogens is 387 g/mol. The zero-order valence-electron chi connectivity index (χ0n) is 14.2. The molecule has 0 saturated carbocycles. The van der Waals surface area contributed by atoms with Crippen molar-refractivity contribution in [2.45, 2.75) is 26.1 Å². The summed E-state index contributed by atoms with van der Waals surface area (Å²) in [7, 11) is 0. The number of anilines is 2. The van der Waals surface area contributed by atoms with Crippen LogP contribution in [0.1, 0.15) is 12.6 Å². The van der Waals surface area contributed by atoms with Gasteiger partial charge in [-0.15, -0.1) is 0 Å². The van der Waals surface area contributed by atoms with Crippen LogP contribution in [0.3, 0.4) is 0 Å². The number of hydrogen-bond donors (Lipinski definition) is 1. The summed E-state index contributed by atoms with van der Waals surface area (Å²) in [6.07, 6.45) is -0.813. The van der Waals surface area contributed by atoms with Crippen molar-refractivity contribution >= 4 is 34.1 Å². The molecular formula is C15H15ClF3N7O. The van der Waals surface area contributed by atoms with Gasteiger partial charge in [0.1, 0.15) is 17.6 Å². The van der Waals surface area contributed by atoms with E-state index in [2.05, 4.69) is 35.3 Å². The highest BCUT2D eigenvalue weighted by molar-refractivity contribution is 6.28. The molecule has 8 nitrogen and oxygen atoms in total. The molecule has 0 spiro atoms. The summed E-state index contributed by atoms with van der Waals surface area (Å²) >= 11 is 6.03. The molecule has 0 radical (unpaired) electrons. The van der Waals surface area contributed by atoms with Crippen LogP contribution in [0.25, 0.3) is 11.0 Å². The largest absolute Gasteiger partial charge is 0.411 e. The second kappa shape index (κ2) is 8.01. The van der Waals surface area contributed by atoms with E-state index in [1.165, 1.54) is 17.1 Å². The third-order valence-corrected chi connectivity index (χ3v) is 3.69. The van der Waals surface area contributed by atoms with Crippen molar-refractivity contribution in [2.24, 2.45) is 0 Å². The monoisotopic (exact) mass is 401 g/mol. The number of hydrogen-bond acceptors (Lipinski definition) is 7. The summed E-state index contributed by atoms with van der Waals surface area (Å²) in [6.45, 7) is 0.504. The van der Waals surface area contributed by atoms with E-state index in [0.717, 1.165) is 0 Å². The molecule has 12 heteroatoms. The number of fused-ring (bicyclic) bond motifs is 1. The van der Waals surface area contributed by atoms with E-state index in [1.807, 2.05) is 6.92 Å². The van der Waals surface area contributed by atoms with Crippen LogP contribution in [0.2, 0.25) is 5.28 Å². The van der Waals surface area contributed by atoms with Gasteiger partial charge in [-0.1, -0.05) is 6.92 Å². The van der Waals surface area contributed by atoms with Gasteiger partial charge in [0.15, 0.2) is 5.82 Å². The number of aromatic nitrogens is 6. The average molecular weight is 402 g/mol. The number of nitrogens with zero attached hydrogens (tertiary/aromatic N) is 6. The second-order valence-electron chi connectivity index (χ2n) is 5.49. The molecule has 27 heavy (non-hydrogen) atoms. The highest BCUT2D eigenvalue weighted by Crippen LogP contribution is 2.27. The van der Waals surface area contributed by atoms with Gasteiger partial charge in [0, 0.05) is 0 Å². The summed E-state index contributed by atoms with van der Waals surface area (Å²) in [5.74, 6) is 0.362. The Labute approximate surface area is 156 Å². The van der Waals surface area contributed by atoms with Crippen molar-refractivity contribution in [2.75, 3.05) is 18.5 Å². The van der Waals surface area contributed by atoms with E-state index in [0.29, 0.717) is 34.7 Å². The van der Waals surface area contributed by atoms with Crippen molar-refractivity contribution in [3.8, 4) is 0 Å². The molecule has 0 aliphatic carbocycles. The van der Waals surface area contributed by atoms with Gasteiger partial charge in [-0.25, -0.2) is 4.98 Å². The molecule has 0 aromatic carbocycles. The van der Waals surface area contributed by atoms with Crippen molar-refractivity contribution in [1.82, 2.24) is 29.9 Å². The van der Waals surface area contributed by atoms with Gasteiger partial charge in [-0.05, 0) is 24.1 Å². The van der Waals surface area contributed by atoms with Crippen molar-refractivity contribution < 1.29 is 17.9 Å². The molecule has 0 bridgehead atoms. The van der Waals surface area contributed by atoms with Gasteiger partial charge in [0.05, 0.1) is 36.9 Å². The van der Waals surface area contributed by atoms with Gasteiger partial charge in [0.2, 0.25) is 5.28 Å². The van der Waals surface area contributed by atoms with E-state index in [1.54, 1.807) is 6.07 Å². The maximum Gasteiger partial charge on any atom is 0.411 e. The molecule has 0 aliphatic heterocycles. The SMILES string of the molecule is CCc1nn(CCOCC(F)(F)F)c2c(Nc3ccnnc3)nc(Cl)nc12. The quantitative estimate of drug-likeness (QED) is 0.480. The van der Waals surface area contributed by atoms with E-state index in [9.17, 15) is 13.2 Å². The van der Waals surface area contributed by atoms with Crippen LogP contribution < -0.4 is 5.32 Å². The minimum atomic E-state index is -4.38. The molecule has 0 aliphatic rings. The van der Waals surface area contributed by atoms with Crippen LogP contribution in [0.4, 0.5) is 24.7 Å². The molecule has 3 aromatic rings. The van der Waals surface area contributed by atoms with Gasteiger partial charge in [-0.2, -0.15) is 33.5 Å². The normalized spacial score (nSPS) is 11.9. The van der Waals surface area contributed by atoms with Gasteiger partial charge in [-0.3, -0.25) is 4.68 Å². The fourth-order valence-corrected chi connectivity index (χ4v) is 2.61. The third-order valence-electron chi connectivity index (χ3n) is 3.52. The average Bonchev–Trinajstić information content (AvgIpc) is 2.96. The molecule has 3 aromatic heterocycles. The smallest absolute Gasteiger partial charge is 0.370 e. The molecule has 0 atom stereocenters. The van der Waals surface area contributed by atoms with Gasteiger partial charge >= 0.3 is 6.18 Å². The van der Waals surface area contributed by atoms with E-state index < -0.39 is 12.8 Å². The van der Waals surface area contributed by atoms with E-state index >= 15 is 0 Å². The molecule has 0 fully saturated rings. The van der Waals surface area contributed by atoms with Crippen LogP contribution in [0, 0.1) is 0 Å². The molecule has 144 valence electrons. The van der Waals surface area contributed by atoms with Crippen molar-refractivity contribution in [3.05, 3.63) is 29.4 Å². The molecule has 0 amide bonds. The topological polar surface area (TPSA) is 90.6 Å². The number of aryl methyl sites for hydroxylation is 1. The first-order valence-corrected chi connectivity index (χ1v) is 8.36. The predicted octanol–water partition coefficient (Wildman–Crippen LogP) is 3.15. The first-order chi connectivity index (χ1) is 12.9. The zero-order chi connectivity index (χ0) is 19.4. The Morgan fingerprint density at radius 3 is 2.74 bits per heavy atom. The second-order valence-corrected chi connectivity index (χ2v) is 5.82. The minimum absolute atomic E-state index is 0.0228.